The van der Waals surface area contributed by atoms with Crippen LogP contribution in [0, 0.1) is 3.57 Å². The van der Waals surface area contributed by atoms with Crippen molar-refractivity contribution in [3.63, 3.8) is 0 Å². The van der Waals surface area contributed by atoms with Crippen LogP contribution in [0.2, 0.25) is 0 Å². The first-order chi connectivity index (χ1) is 9.87. The molecule has 0 aliphatic heterocycles. The summed E-state index contributed by atoms with van der Waals surface area (Å²) in [7, 11) is -3.39. The van der Waals surface area contributed by atoms with Gasteiger partial charge in [0.15, 0.2) is 9.84 Å². The predicted octanol–water partition coefficient (Wildman–Crippen LogP) is 3.22. The molecule has 0 bridgehead atoms. The van der Waals surface area contributed by atoms with Crippen LogP contribution in [0.15, 0.2) is 53.4 Å². The molecule has 1 amide bonds. The molecule has 0 unspecified atom stereocenters. The maximum absolute atomic E-state index is 12.4. The summed E-state index contributed by atoms with van der Waals surface area (Å²) in [6.45, 7) is 1.41. The van der Waals surface area contributed by atoms with Gasteiger partial charge in [-0.2, -0.15) is 0 Å². The standard InChI is InChI=1S/C15H14INO3S/c1-11(18)17-14-4-2-3-12(9-14)10-21(19,20)15-7-5-13(16)6-8-15/h2-9H,10H2,1H3,(H,17,18). The Balaban J connectivity index is 2.24. The molecule has 2 aromatic carbocycles. The maximum atomic E-state index is 12.4. The molecule has 0 heterocycles. The fourth-order valence-electron chi connectivity index (χ4n) is 1.89. The van der Waals surface area contributed by atoms with Crippen LogP contribution in [0.5, 0.6) is 0 Å². The fraction of sp³-hybridized carbons (Fsp3) is 0.133. The van der Waals surface area contributed by atoms with Crippen LogP contribution < -0.4 is 5.32 Å². The van der Waals surface area contributed by atoms with E-state index in [0.29, 0.717) is 16.1 Å². The number of anilines is 1. The summed E-state index contributed by atoms with van der Waals surface area (Å²) in [5.41, 5.74) is 1.23. The number of hydrogen-bond donors (Lipinski definition) is 1. The number of halogens is 1. The van der Waals surface area contributed by atoms with Crippen LogP contribution in [0.1, 0.15) is 12.5 Å². The van der Waals surface area contributed by atoms with Crippen LogP contribution in [0.4, 0.5) is 5.69 Å². The zero-order chi connectivity index (χ0) is 15.5. The highest BCUT2D eigenvalue weighted by Gasteiger charge is 2.15. The van der Waals surface area contributed by atoms with Crippen molar-refractivity contribution in [2.75, 3.05) is 5.32 Å². The number of carbonyl (C=O) groups excluding carboxylic acids is 1. The molecule has 0 spiro atoms. The molecule has 0 atom stereocenters. The molecule has 2 aromatic rings. The largest absolute Gasteiger partial charge is 0.326 e. The van der Waals surface area contributed by atoms with E-state index in [9.17, 15) is 13.2 Å². The molecular formula is C15H14INO3S. The van der Waals surface area contributed by atoms with Crippen molar-refractivity contribution in [3.05, 3.63) is 57.7 Å². The highest BCUT2D eigenvalue weighted by atomic mass is 127. The van der Waals surface area contributed by atoms with Crippen LogP contribution in [0.3, 0.4) is 0 Å². The first-order valence-electron chi connectivity index (χ1n) is 6.22. The van der Waals surface area contributed by atoms with Gasteiger partial charge in [0.05, 0.1) is 10.6 Å². The minimum Gasteiger partial charge on any atom is -0.326 e. The SMILES string of the molecule is CC(=O)Nc1cccc(CS(=O)(=O)c2ccc(I)cc2)c1. The second-order valence-electron chi connectivity index (χ2n) is 4.59. The maximum Gasteiger partial charge on any atom is 0.221 e. The Labute approximate surface area is 137 Å². The third kappa shape index (κ3) is 4.53. The smallest absolute Gasteiger partial charge is 0.221 e. The molecule has 0 aromatic heterocycles. The van der Waals surface area contributed by atoms with Gasteiger partial charge in [-0.1, -0.05) is 12.1 Å². The molecular weight excluding hydrogens is 401 g/mol. The summed E-state index contributed by atoms with van der Waals surface area (Å²) >= 11 is 2.13. The molecule has 1 N–H and O–H groups in total. The lowest BCUT2D eigenvalue weighted by Gasteiger charge is -2.07. The van der Waals surface area contributed by atoms with E-state index in [1.807, 2.05) is 0 Å². The Morgan fingerprint density at radius 2 is 1.81 bits per heavy atom. The Morgan fingerprint density at radius 1 is 1.14 bits per heavy atom. The van der Waals surface area contributed by atoms with E-state index in [1.54, 1.807) is 48.5 Å². The van der Waals surface area contributed by atoms with Crippen LogP contribution in [0.25, 0.3) is 0 Å². The number of rotatable bonds is 4. The van der Waals surface area contributed by atoms with Crippen LogP contribution in [-0.2, 0) is 20.4 Å². The number of nitrogens with one attached hydrogen (secondary N) is 1. The normalized spacial score (nSPS) is 11.1. The van der Waals surface area contributed by atoms with Crippen molar-refractivity contribution in [3.8, 4) is 0 Å². The van der Waals surface area contributed by atoms with Crippen molar-refractivity contribution in [2.24, 2.45) is 0 Å². The predicted molar refractivity (Wildman–Crippen MR) is 90.8 cm³/mol. The zero-order valence-corrected chi connectivity index (χ0v) is 14.3. The quantitative estimate of drug-likeness (QED) is 0.781. The van der Waals surface area contributed by atoms with Gasteiger partial charge in [0.2, 0.25) is 5.91 Å². The number of benzene rings is 2. The van der Waals surface area contributed by atoms with Crippen molar-refractivity contribution >= 4 is 44.0 Å². The van der Waals surface area contributed by atoms with Gasteiger partial charge >= 0.3 is 0 Å². The van der Waals surface area contributed by atoms with E-state index in [4.69, 9.17) is 0 Å². The van der Waals surface area contributed by atoms with Gasteiger partial charge in [0, 0.05) is 16.2 Å². The average molecular weight is 415 g/mol. The van der Waals surface area contributed by atoms with Gasteiger partial charge in [-0.25, -0.2) is 8.42 Å². The molecule has 0 aliphatic rings. The molecule has 0 aliphatic carbocycles. The summed E-state index contributed by atoms with van der Waals surface area (Å²) < 4.78 is 25.7. The number of amides is 1. The van der Waals surface area contributed by atoms with E-state index >= 15 is 0 Å². The monoisotopic (exact) mass is 415 g/mol. The summed E-state index contributed by atoms with van der Waals surface area (Å²) in [6.07, 6.45) is 0. The second kappa shape index (κ2) is 6.57. The average Bonchev–Trinajstić information content (AvgIpc) is 2.38. The van der Waals surface area contributed by atoms with E-state index in [2.05, 4.69) is 27.9 Å². The number of sulfone groups is 1. The summed E-state index contributed by atoms with van der Waals surface area (Å²) in [4.78, 5) is 11.3. The van der Waals surface area contributed by atoms with Gasteiger partial charge in [0.1, 0.15) is 0 Å². The molecule has 0 fully saturated rings. The molecule has 0 saturated heterocycles. The van der Waals surface area contributed by atoms with Gasteiger partial charge < -0.3 is 5.32 Å². The highest BCUT2D eigenvalue weighted by molar-refractivity contribution is 14.1. The van der Waals surface area contributed by atoms with Gasteiger partial charge in [-0.05, 0) is 64.6 Å². The summed E-state index contributed by atoms with van der Waals surface area (Å²) in [6, 6.07) is 13.6. The lowest BCUT2D eigenvalue weighted by molar-refractivity contribution is -0.114. The molecule has 6 heteroatoms. The second-order valence-corrected chi connectivity index (χ2v) is 7.83. The fourth-order valence-corrected chi connectivity index (χ4v) is 3.58. The van der Waals surface area contributed by atoms with Crippen molar-refractivity contribution in [2.45, 2.75) is 17.6 Å². The Bertz CT molecular complexity index is 755. The van der Waals surface area contributed by atoms with Gasteiger partial charge in [0.25, 0.3) is 0 Å². The summed E-state index contributed by atoms with van der Waals surface area (Å²) in [5, 5.41) is 2.64. The van der Waals surface area contributed by atoms with Crippen molar-refractivity contribution in [1.29, 1.82) is 0 Å². The van der Waals surface area contributed by atoms with Crippen LogP contribution >= 0.6 is 22.6 Å². The highest BCUT2D eigenvalue weighted by Crippen LogP contribution is 2.19. The van der Waals surface area contributed by atoms with E-state index < -0.39 is 9.84 Å². The molecule has 21 heavy (non-hydrogen) atoms. The third-order valence-corrected chi connectivity index (χ3v) is 5.20. The van der Waals surface area contributed by atoms with Gasteiger partial charge in [-0.15, -0.1) is 0 Å². The van der Waals surface area contributed by atoms with Crippen molar-refractivity contribution < 1.29 is 13.2 Å². The Kier molecular flexibility index (Phi) is 5.00. The van der Waals surface area contributed by atoms with Gasteiger partial charge in [-0.3, -0.25) is 4.79 Å². The molecule has 2 rings (SSSR count). The van der Waals surface area contributed by atoms with Crippen molar-refractivity contribution in [1.82, 2.24) is 0 Å². The minimum atomic E-state index is -3.39. The van der Waals surface area contributed by atoms with E-state index in [-0.39, 0.29) is 11.7 Å². The van der Waals surface area contributed by atoms with E-state index in [1.165, 1.54) is 6.92 Å². The molecule has 110 valence electrons. The zero-order valence-electron chi connectivity index (χ0n) is 11.3. The molecule has 0 radical (unpaired) electrons. The number of carbonyl (C=O) groups is 1. The Hall–Kier alpha value is -1.41. The topological polar surface area (TPSA) is 63.2 Å². The third-order valence-electron chi connectivity index (χ3n) is 2.78. The molecule has 0 saturated carbocycles. The lowest BCUT2D eigenvalue weighted by atomic mass is 10.2. The lowest BCUT2D eigenvalue weighted by Crippen LogP contribution is -2.08. The number of hydrogen-bond acceptors (Lipinski definition) is 3. The van der Waals surface area contributed by atoms with E-state index in [0.717, 1.165) is 3.57 Å². The first-order valence-corrected chi connectivity index (χ1v) is 8.95. The first kappa shape index (κ1) is 16.0. The summed E-state index contributed by atoms with van der Waals surface area (Å²) in [5.74, 6) is -0.284. The Morgan fingerprint density at radius 3 is 2.43 bits per heavy atom. The minimum absolute atomic E-state index is 0.0962. The molecule has 4 nitrogen and oxygen atoms in total. The van der Waals surface area contributed by atoms with Crippen LogP contribution in [-0.4, -0.2) is 14.3 Å².